The van der Waals surface area contributed by atoms with Gasteiger partial charge in [0, 0.05) is 26.1 Å². The van der Waals surface area contributed by atoms with Crippen molar-refractivity contribution in [1.82, 2.24) is 20.4 Å². The van der Waals surface area contributed by atoms with Crippen LogP contribution < -0.4 is 11.1 Å². The molecule has 7 nitrogen and oxygen atoms in total. The Morgan fingerprint density at radius 2 is 2.17 bits per heavy atom. The Morgan fingerprint density at radius 1 is 1.44 bits per heavy atom. The minimum absolute atomic E-state index is 0.0907. The maximum atomic E-state index is 11.7. The highest BCUT2D eigenvalue weighted by Gasteiger charge is 2.18. The fourth-order valence-electron chi connectivity index (χ4n) is 1.98. The normalized spacial score (nSPS) is 14.8. The summed E-state index contributed by atoms with van der Waals surface area (Å²) in [7, 11) is 0. The molecule has 0 radical (unpaired) electrons. The van der Waals surface area contributed by atoms with Gasteiger partial charge in [-0.25, -0.2) is 0 Å². The predicted octanol–water partition coefficient (Wildman–Crippen LogP) is -0.266. The second-order valence-electron chi connectivity index (χ2n) is 4.29. The van der Waals surface area contributed by atoms with E-state index in [1.807, 2.05) is 4.90 Å². The van der Waals surface area contributed by atoms with Crippen LogP contribution in [0.15, 0.2) is 6.20 Å². The molecule has 1 aliphatic rings. The van der Waals surface area contributed by atoms with Gasteiger partial charge in [0.05, 0.1) is 6.20 Å². The summed E-state index contributed by atoms with van der Waals surface area (Å²) in [6.07, 6.45) is 3.84. The van der Waals surface area contributed by atoms with E-state index >= 15 is 0 Å². The van der Waals surface area contributed by atoms with E-state index in [0.717, 1.165) is 25.9 Å². The van der Waals surface area contributed by atoms with Crippen LogP contribution in [0.4, 0.5) is 5.82 Å². The number of likely N-dealkylation sites (tertiary alicyclic amines) is 1. The number of nitrogens with zero attached hydrogens (tertiary/aromatic N) is 2. The molecule has 2 amide bonds. The van der Waals surface area contributed by atoms with Gasteiger partial charge in [0.15, 0.2) is 0 Å². The molecule has 0 saturated carbocycles. The largest absolute Gasteiger partial charge is 0.383 e. The third-order valence-electron chi connectivity index (χ3n) is 3.00. The number of anilines is 1. The third kappa shape index (κ3) is 2.79. The molecular weight excluding hydrogens is 234 g/mol. The van der Waals surface area contributed by atoms with Gasteiger partial charge in [-0.15, -0.1) is 0 Å². The summed E-state index contributed by atoms with van der Waals surface area (Å²) < 4.78 is 0. The van der Waals surface area contributed by atoms with E-state index in [4.69, 9.17) is 5.73 Å². The summed E-state index contributed by atoms with van der Waals surface area (Å²) >= 11 is 0. The van der Waals surface area contributed by atoms with Crippen molar-refractivity contribution in [3.8, 4) is 0 Å². The number of aromatic nitrogens is 2. The fraction of sp³-hybridized carbons (Fsp3) is 0.545. The molecule has 1 aromatic rings. The topological polar surface area (TPSA) is 104 Å². The van der Waals surface area contributed by atoms with Gasteiger partial charge in [0.25, 0.3) is 5.91 Å². The maximum Gasteiger partial charge on any atom is 0.256 e. The summed E-state index contributed by atoms with van der Waals surface area (Å²) in [4.78, 5) is 25.2. The number of nitrogens with one attached hydrogen (secondary N) is 2. The molecule has 1 fully saturated rings. The molecule has 1 aromatic heterocycles. The van der Waals surface area contributed by atoms with Crippen molar-refractivity contribution in [2.45, 2.75) is 19.3 Å². The van der Waals surface area contributed by atoms with Gasteiger partial charge in [0.1, 0.15) is 11.4 Å². The van der Waals surface area contributed by atoms with Crippen LogP contribution in [0.1, 0.15) is 29.6 Å². The lowest BCUT2D eigenvalue weighted by Gasteiger charge is -2.15. The molecule has 0 atom stereocenters. The van der Waals surface area contributed by atoms with Crippen molar-refractivity contribution in [2.24, 2.45) is 0 Å². The predicted molar refractivity (Wildman–Crippen MR) is 65.8 cm³/mol. The average molecular weight is 251 g/mol. The number of rotatable bonds is 4. The maximum absolute atomic E-state index is 11.7. The smallest absolute Gasteiger partial charge is 0.256 e. The molecule has 0 spiro atoms. The van der Waals surface area contributed by atoms with Crippen molar-refractivity contribution in [1.29, 1.82) is 0 Å². The lowest BCUT2D eigenvalue weighted by molar-refractivity contribution is -0.129. The highest BCUT2D eigenvalue weighted by Crippen LogP contribution is 2.09. The second-order valence-corrected chi connectivity index (χ2v) is 4.29. The van der Waals surface area contributed by atoms with Crippen LogP contribution >= 0.6 is 0 Å². The van der Waals surface area contributed by atoms with Crippen LogP contribution in [0.25, 0.3) is 0 Å². The van der Waals surface area contributed by atoms with Crippen LogP contribution in [0, 0.1) is 0 Å². The van der Waals surface area contributed by atoms with Gasteiger partial charge in [-0.3, -0.25) is 14.7 Å². The van der Waals surface area contributed by atoms with E-state index in [1.165, 1.54) is 6.20 Å². The number of carbonyl (C=O) groups is 2. The number of nitrogen functional groups attached to an aromatic ring is 1. The van der Waals surface area contributed by atoms with Crippen molar-refractivity contribution >= 4 is 17.6 Å². The van der Waals surface area contributed by atoms with Gasteiger partial charge < -0.3 is 16.0 Å². The molecule has 2 heterocycles. The molecule has 0 aliphatic carbocycles. The summed E-state index contributed by atoms with van der Waals surface area (Å²) in [5, 5.41) is 8.80. The molecule has 7 heteroatoms. The van der Waals surface area contributed by atoms with Crippen LogP contribution in [-0.2, 0) is 4.79 Å². The minimum Gasteiger partial charge on any atom is -0.383 e. The first-order chi connectivity index (χ1) is 8.68. The minimum atomic E-state index is -0.310. The Labute approximate surface area is 105 Å². The van der Waals surface area contributed by atoms with Crippen LogP contribution in [0.5, 0.6) is 0 Å². The third-order valence-corrected chi connectivity index (χ3v) is 3.00. The van der Waals surface area contributed by atoms with Gasteiger partial charge in [-0.1, -0.05) is 0 Å². The molecule has 18 heavy (non-hydrogen) atoms. The second kappa shape index (κ2) is 5.52. The molecule has 4 N–H and O–H groups in total. The van der Waals surface area contributed by atoms with E-state index in [2.05, 4.69) is 15.5 Å². The zero-order chi connectivity index (χ0) is 13.0. The SMILES string of the molecule is Nc1[nH]ncc1C(=O)NCCC(=O)N1CCCC1. The van der Waals surface area contributed by atoms with Crippen molar-refractivity contribution in [3.05, 3.63) is 11.8 Å². The summed E-state index contributed by atoms with van der Waals surface area (Å²) in [5.41, 5.74) is 5.83. The van der Waals surface area contributed by atoms with Gasteiger partial charge in [0.2, 0.25) is 5.91 Å². The zero-order valence-corrected chi connectivity index (χ0v) is 10.1. The molecule has 0 unspecified atom stereocenters. The molecular formula is C11H17N5O2. The van der Waals surface area contributed by atoms with E-state index in [-0.39, 0.29) is 17.6 Å². The van der Waals surface area contributed by atoms with E-state index in [0.29, 0.717) is 18.5 Å². The van der Waals surface area contributed by atoms with E-state index < -0.39 is 0 Å². The summed E-state index contributed by atoms with van der Waals surface area (Å²) in [6, 6.07) is 0. The van der Waals surface area contributed by atoms with Gasteiger partial charge in [-0.05, 0) is 12.8 Å². The first-order valence-corrected chi connectivity index (χ1v) is 6.03. The van der Waals surface area contributed by atoms with E-state index in [9.17, 15) is 9.59 Å². The van der Waals surface area contributed by atoms with Gasteiger partial charge in [-0.2, -0.15) is 5.10 Å². The molecule has 98 valence electrons. The average Bonchev–Trinajstić information content (AvgIpc) is 2.99. The van der Waals surface area contributed by atoms with E-state index in [1.54, 1.807) is 0 Å². The Bertz CT molecular complexity index is 436. The quantitative estimate of drug-likeness (QED) is 0.685. The van der Waals surface area contributed by atoms with Crippen LogP contribution in [0.2, 0.25) is 0 Å². The van der Waals surface area contributed by atoms with Crippen LogP contribution in [0.3, 0.4) is 0 Å². The Kier molecular flexibility index (Phi) is 3.81. The standard InChI is InChI=1S/C11H17N5O2/c12-10-8(7-14-15-10)11(18)13-4-3-9(17)16-5-1-2-6-16/h7H,1-6H2,(H,13,18)(H3,12,14,15). The van der Waals surface area contributed by atoms with Crippen molar-refractivity contribution in [2.75, 3.05) is 25.4 Å². The first-order valence-electron chi connectivity index (χ1n) is 6.03. The monoisotopic (exact) mass is 251 g/mol. The Hall–Kier alpha value is -2.05. The molecule has 0 bridgehead atoms. The molecule has 0 aromatic carbocycles. The molecule has 1 aliphatic heterocycles. The summed E-state index contributed by atoms with van der Waals surface area (Å²) in [6.45, 7) is 1.99. The van der Waals surface area contributed by atoms with Gasteiger partial charge >= 0.3 is 0 Å². The first kappa shape index (κ1) is 12.4. The number of amides is 2. The van der Waals surface area contributed by atoms with Crippen LogP contribution in [-0.4, -0.2) is 46.5 Å². The Morgan fingerprint density at radius 3 is 2.78 bits per heavy atom. The number of hydrogen-bond donors (Lipinski definition) is 3. The number of hydrogen-bond acceptors (Lipinski definition) is 4. The zero-order valence-electron chi connectivity index (χ0n) is 10.1. The van der Waals surface area contributed by atoms with Crippen molar-refractivity contribution in [3.63, 3.8) is 0 Å². The number of carbonyl (C=O) groups excluding carboxylic acids is 2. The highest BCUT2D eigenvalue weighted by molar-refractivity contribution is 5.98. The number of aromatic amines is 1. The van der Waals surface area contributed by atoms with Crippen molar-refractivity contribution < 1.29 is 9.59 Å². The number of H-pyrrole nitrogens is 1. The molecule has 2 rings (SSSR count). The molecule has 1 saturated heterocycles. The fourth-order valence-corrected chi connectivity index (χ4v) is 1.98. The highest BCUT2D eigenvalue weighted by atomic mass is 16.2. The lowest BCUT2D eigenvalue weighted by Crippen LogP contribution is -2.32. The lowest BCUT2D eigenvalue weighted by atomic mass is 10.3. The number of nitrogens with two attached hydrogens (primary N) is 1. The Balaban J connectivity index is 1.73. The summed E-state index contributed by atoms with van der Waals surface area (Å²) in [5.74, 6) is 0.0156.